The molecular formula is C19H28N4O2. The molecule has 0 saturated carbocycles. The molecule has 0 unspecified atom stereocenters. The smallest absolute Gasteiger partial charge is 0.237 e. The van der Waals surface area contributed by atoms with Gasteiger partial charge in [-0.2, -0.15) is 5.26 Å². The van der Waals surface area contributed by atoms with E-state index in [1.54, 1.807) is 28.0 Å². The standard InChI is InChI=1S/C19H28N4O2/c1-19(2,15-20)21(3)18(24)14-23-11-9-22(10-12-23)13-16-5-7-17(25-4)8-6-16/h5-8H,9-14H2,1-4H3. The monoisotopic (exact) mass is 344 g/mol. The van der Waals surface area contributed by atoms with Crippen LogP contribution in [-0.4, -0.2) is 73.0 Å². The van der Waals surface area contributed by atoms with Gasteiger partial charge in [0.1, 0.15) is 11.3 Å². The Morgan fingerprint density at radius 3 is 2.28 bits per heavy atom. The van der Waals surface area contributed by atoms with Gasteiger partial charge in [-0.1, -0.05) is 12.1 Å². The quantitative estimate of drug-likeness (QED) is 0.784. The van der Waals surface area contributed by atoms with Crippen LogP contribution in [0.15, 0.2) is 24.3 Å². The van der Waals surface area contributed by atoms with Crippen LogP contribution in [0.4, 0.5) is 0 Å². The van der Waals surface area contributed by atoms with Crippen molar-refractivity contribution < 1.29 is 9.53 Å². The van der Waals surface area contributed by atoms with E-state index in [9.17, 15) is 4.79 Å². The van der Waals surface area contributed by atoms with Crippen LogP contribution in [0.1, 0.15) is 19.4 Å². The van der Waals surface area contributed by atoms with E-state index in [1.165, 1.54) is 10.5 Å². The Bertz CT molecular complexity index is 613. The Labute approximate surface area is 150 Å². The molecule has 1 saturated heterocycles. The number of amides is 1. The number of rotatable bonds is 6. The number of carbonyl (C=O) groups is 1. The zero-order valence-electron chi connectivity index (χ0n) is 15.7. The largest absolute Gasteiger partial charge is 0.497 e. The lowest BCUT2D eigenvalue weighted by atomic mass is 10.1. The summed E-state index contributed by atoms with van der Waals surface area (Å²) in [6.45, 7) is 8.40. The van der Waals surface area contributed by atoms with E-state index in [-0.39, 0.29) is 5.91 Å². The van der Waals surface area contributed by atoms with E-state index in [0.717, 1.165) is 38.5 Å². The molecule has 0 atom stereocenters. The van der Waals surface area contributed by atoms with E-state index in [4.69, 9.17) is 10.00 Å². The molecular weight excluding hydrogens is 316 g/mol. The number of methoxy groups -OCH3 is 1. The molecule has 0 bridgehead atoms. The first kappa shape index (κ1) is 19.2. The number of likely N-dealkylation sites (N-methyl/N-ethyl adjacent to an activating group) is 1. The van der Waals surface area contributed by atoms with Crippen molar-refractivity contribution >= 4 is 5.91 Å². The van der Waals surface area contributed by atoms with Crippen molar-refractivity contribution in [2.24, 2.45) is 0 Å². The highest BCUT2D eigenvalue weighted by Gasteiger charge is 2.29. The Kier molecular flexibility index (Phi) is 6.40. The molecule has 1 aromatic rings. The van der Waals surface area contributed by atoms with Crippen molar-refractivity contribution in [3.05, 3.63) is 29.8 Å². The second-order valence-electron chi connectivity index (χ2n) is 7.02. The fourth-order valence-electron chi connectivity index (χ4n) is 2.78. The van der Waals surface area contributed by atoms with Crippen molar-refractivity contribution in [2.75, 3.05) is 46.9 Å². The third-order valence-electron chi connectivity index (χ3n) is 4.88. The molecule has 0 aromatic heterocycles. The Balaban J connectivity index is 1.79. The Morgan fingerprint density at radius 2 is 1.76 bits per heavy atom. The van der Waals surface area contributed by atoms with Crippen LogP contribution in [0.2, 0.25) is 0 Å². The molecule has 0 spiro atoms. The summed E-state index contributed by atoms with van der Waals surface area (Å²) in [6, 6.07) is 10.3. The molecule has 1 heterocycles. The van der Waals surface area contributed by atoms with Crippen molar-refractivity contribution in [1.82, 2.24) is 14.7 Å². The van der Waals surface area contributed by atoms with E-state index < -0.39 is 5.54 Å². The predicted molar refractivity (Wildman–Crippen MR) is 97.2 cm³/mol. The van der Waals surface area contributed by atoms with Gasteiger partial charge >= 0.3 is 0 Å². The number of nitrogens with zero attached hydrogens (tertiary/aromatic N) is 4. The maximum atomic E-state index is 12.4. The van der Waals surface area contributed by atoms with Crippen LogP contribution < -0.4 is 4.74 Å². The predicted octanol–water partition coefficient (Wildman–Crippen LogP) is 1.57. The molecule has 1 fully saturated rings. The van der Waals surface area contributed by atoms with Crippen molar-refractivity contribution in [2.45, 2.75) is 25.9 Å². The minimum absolute atomic E-state index is 0.00449. The van der Waals surface area contributed by atoms with Crippen LogP contribution in [-0.2, 0) is 11.3 Å². The van der Waals surface area contributed by atoms with Crippen molar-refractivity contribution in [3.8, 4) is 11.8 Å². The lowest BCUT2D eigenvalue weighted by Crippen LogP contribution is -2.52. The van der Waals surface area contributed by atoms with Gasteiger partial charge in [-0.25, -0.2) is 0 Å². The number of piperazine rings is 1. The minimum Gasteiger partial charge on any atom is -0.497 e. The summed E-state index contributed by atoms with van der Waals surface area (Å²) in [4.78, 5) is 18.5. The highest BCUT2D eigenvalue weighted by Crippen LogP contribution is 2.15. The average molecular weight is 344 g/mol. The summed E-state index contributed by atoms with van der Waals surface area (Å²) in [5.41, 5.74) is 0.494. The third-order valence-corrected chi connectivity index (χ3v) is 4.88. The van der Waals surface area contributed by atoms with Gasteiger partial charge < -0.3 is 9.64 Å². The maximum absolute atomic E-state index is 12.4. The van der Waals surface area contributed by atoms with Crippen LogP contribution in [0.25, 0.3) is 0 Å². The number of nitriles is 1. The van der Waals surface area contributed by atoms with Crippen LogP contribution in [0, 0.1) is 11.3 Å². The number of carbonyl (C=O) groups excluding carboxylic acids is 1. The summed E-state index contributed by atoms with van der Waals surface area (Å²) in [5.74, 6) is 0.867. The topological polar surface area (TPSA) is 59.8 Å². The lowest BCUT2D eigenvalue weighted by Gasteiger charge is -2.36. The summed E-state index contributed by atoms with van der Waals surface area (Å²) in [6.07, 6.45) is 0. The first-order chi connectivity index (χ1) is 11.9. The summed E-state index contributed by atoms with van der Waals surface area (Å²) < 4.78 is 5.19. The normalized spacial score (nSPS) is 16.3. The van der Waals surface area contributed by atoms with E-state index >= 15 is 0 Å². The molecule has 1 aliphatic rings. The minimum atomic E-state index is -0.771. The summed E-state index contributed by atoms with van der Waals surface area (Å²) in [5, 5.41) is 9.16. The Hall–Kier alpha value is -2.10. The highest BCUT2D eigenvalue weighted by atomic mass is 16.5. The molecule has 0 aliphatic carbocycles. The van der Waals surface area contributed by atoms with Crippen molar-refractivity contribution in [3.63, 3.8) is 0 Å². The van der Waals surface area contributed by atoms with Crippen LogP contribution >= 0.6 is 0 Å². The molecule has 6 nitrogen and oxygen atoms in total. The van der Waals surface area contributed by atoms with Crippen LogP contribution in [0.3, 0.4) is 0 Å². The fraction of sp³-hybridized carbons (Fsp3) is 0.579. The molecule has 25 heavy (non-hydrogen) atoms. The summed E-state index contributed by atoms with van der Waals surface area (Å²) >= 11 is 0. The van der Waals surface area contributed by atoms with Gasteiger partial charge in [0.2, 0.25) is 5.91 Å². The molecule has 1 amide bonds. The molecule has 0 radical (unpaired) electrons. The van der Waals surface area contributed by atoms with Gasteiger partial charge in [0.15, 0.2) is 0 Å². The zero-order valence-corrected chi connectivity index (χ0v) is 15.7. The van der Waals surface area contributed by atoms with Gasteiger partial charge in [-0.15, -0.1) is 0 Å². The van der Waals surface area contributed by atoms with Gasteiger partial charge in [0, 0.05) is 39.8 Å². The fourth-order valence-corrected chi connectivity index (χ4v) is 2.78. The van der Waals surface area contributed by atoms with Gasteiger partial charge in [0.25, 0.3) is 0 Å². The van der Waals surface area contributed by atoms with E-state index in [2.05, 4.69) is 28.0 Å². The maximum Gasteiger partial charge on any atom is 0.237 e. The second kappa shape index (κ2) is 8.32. The number of hydrogen-bond acceptors (Lipinski definition) is 5. The first-order valence-corrected chi connectivity index (χ1v) is 8.61. The number of ether oxygens (including phenoxy) is 1. The lowest BCUT2D eigenvalue weighted by molar-refractivity contribution is -0.134. The molecule has 1 aromatic carbocycles. The molecule has 2 rings (SSSR count). The van der Waals surface area contributed by atoms with E-state index in [0.29, 0.717) is 6.54 Å². The van der Waals surface area contributed by atoms with Gasteiger partial charge in [-0.3, -0.25) is 14.6 Å². The second-order valence-corrected chi connectivity index (χ2v) is 7.02. The van der Waals surface area contributed by atoms with E-state index in [1.807, 2.05) is 12.1 Å². The molecule has 0 N–H and O–H groups in total. The van der Waals surface area contributed by atoms with Crippen LogP contribution in [0.5, 0.6) is 5.75 Å². The molecule has 136 valence electrons. The van der Waals surface area contributed by atoms with Gasteiger partial charge in [0.05, 0.1) is 19.7 Å². The van der Waals surface area contributed by atoms with Crippen molar-refractivity contribution in [1.29, 1.82) is 5.26 Å². The number of hydrogen-bond donors (Lipinski definition) is 0. The first-order valence-electron chi connectivity index (χ1n) is 8.61. The highest BCUT2D eigenvalue weighted by molar-refractivity contribution is 5.79. The Morgan fingerprint density at radius 1 is 1.20 bits per heavy atom. The van der Waals surface area contributed by atoms with Gasteiger partial charge in [-0.05, 0) is 31.5 Å². The zero-order chi connectivity index (χ0) is 18.4. The summed E-state index contributed by atoms with van der Waals surface area (Å²) in [7, 11) is 3.37. The SMILES string of the molecule is COc1ccc(CN2CCN(CC(=O)N(C)C(C)(C)C#N)CC2)cc1. The number of benzene rings is 1. The molecule has 6 heteroatoms. The molecule has 1 aliphatic heterocycles. The third kappa shape index (κ3) is 5.18. The average Bonchev–Trinajstić information content (AvgIpc) is 2.63.